The molecule has 0 bridgehead atoms. The van der Waals surface area contributed by atoms with Gasteiger partial charge in [-0.25, -0.2) is 4.98 Å². The lowest BCUT2D eigenvalue weighted by Gasteiger charge is -2.04. The number of halogens is 1. The number of aromatic nitrogens is 2. The molecule has 2 aromatic heterocycles. The second kappa shape index (κ2) is 2.83. The highest BCUT2D eigenvalue weighted by Crippen LogP contribution is 2.26. The lowest BCUT2D eigenvalue weighted by atomic mass is 10.3. The van der Waals surface area contributed by atoms with Crippen molar-refractivity contribution >= 4 is 21.6 Å². The summed E-state index contributed by atoms with van der Waals surface area (Å²) in [6, 6.07) is 4.15. The first kappa shape index (κ1) is 8.48. The second-order valence-electron chi connectivity index (χ2n) is 3.82. The average molecular weight is 251 g/mol. The first-order valence-electron chi connectivity index (χ1n) is 4.92. The van der Waals surface area contributed by atoms with E-state index in [-0.39, 0.29) is 0 Å². The molecule has 3 heteroatoms. The Morgan fingerprint density at radius 2 is 2.21 bits per heavy atom. The zero-order valence-corrected chi connectivity index (χ0v) is 9.63. The Kier molecular flexibility index (Phi) is 1.71. The van der Waals surface area contributed by atoms with Crippen LogP contribution in [0.3, 0.4) is 0 Å². The van der Waals surface area contributed by atoms with Crippen molar-refractivity contribution in [3.8, 4) is 0 Å². The highest BCUT2D eigenvalue weighted by Gasteiger charge is 2.18. The smallest absolute Gasteiger partial charge is 0.137 e. The molecular formula is C11H11BrN2. The summed E-state index contributed by atoms with van der Waals surface area (Å²) in [7, 11) is 0. The Morgan fingerprint density at radius 3 is 3.07 bits per heavy atom. The SMILES string of the molecule is Cc1c(Br)ccc2nc3c(n12)CCC3. The molecule has 2 aromatic rings. The van der Waals surface area contributed by atoms with Gasteiger partial charge >= 0.3 is 0 Å². The van der Waals surface area contributed by atoms with E-state index in [0.717, 1.165) is 16.5 Å². The van der Waals surface area contributed by atoms with Crippen LogP contribution in [0.2, 0.25) is 0 Å². The third kappa shape index (κ3) is 0.989. The Hall–Kier alpha value is -0.830. The fraction of sp³-hybridized carbons (Fsp3) is 0.364. The summed E-state index contributed by atoms with van der Waals surface area (Å²) in [6.07, 6.45) is 3.58. The van der Waals surface area contributed by atoms with E-state index in [1.807, 2.05) is 0 Å². The van der Waals surface area contributed by atoms with Crippen LogP contribution in [0.1, 0.15) is 23.5 Å². The topological polar surface area (TPSA) is 17.3 Å². The number of aryl methyl sites for hydroxylation is 3. The van der Waals surface area contributed by atoms with Crippen LogP contribution in [0.5, 0.6) is 0 Å². The Morgan fingerprint density at radius 1 is 1.36 bits per heavy atom. The molecule has 0 aliphatic heterocycles. The number of fused-ring (bicyclic) bond motifs is 3. The van der Waals surface area contributed by atoms with E-state index < -0.39 is 0 Å². The zero-order chi connectivity index (χ0) is 9.71. The Bertz CT molecular complexity index is 513. The van der Waals surface area contributed by atoms with Crippen LogP contribution in [-0.4, -0.2) is 9.38 Å². The summed E-state index contributed by atoms with van der Waals surface area (Å²) in [4.78, 5) is 4.64. The fourth-order valence-electron chi connectivity index (χ4n) is 2.26. The quantitative estimate of drug-likeness (QED) is 0.703. The minimum absolute atomic E-state index is 1.09. The molecule has 0 fully saturated rings. The van der Waals surface area contributed by atoms with E-state index in [1.54, 1.807) is 0 Å². The van der Waals surface area contributed by atoms with Gasteiger partial charge in [-0.2, -0.15) is 0 Å². The molecule has 0 atom stereocenters. The largest absolute Gasteiger partial charge is 0.300 e. The van der Waals surface area contributed by atoms with Crippen molar-refractivity contribution in [2.45, 2.75) is 26.2 Å². The van der Waals surface area contributed by atoms with Gasteiger partial charge in [-0.05, 0) is 54.2 Å². The minimum atomic E-state index is 1.09. The first-order valence-corrected chi connectivity index (χ1v) is 5.72. The maximum atomic E-state index is 4.64. The molecule has 0 radical (unpaired) electrons. The number of rotatable bonds is 0. The molecule has 2 heterocycles. The summed E-state index contributed by atoms with van der Waals surface area (Å²) in [5, 5.41) is 0. The van der Waals surface area contributed by atoms with Gasteiger partial charge in [0.25, 0.3) is 0 Å². The molecule has 0 amide bonds. The van der Waals surface area contributed by atoms with E-state index in [0.29, 0.717) is 0 Å². The molecule has 0 saturated heterocycles. The highest BCUT2D eigenvalue weighted by molar-refractivity contribution is 9.10. The molecule has 2 nitrogen and oxygen atoms in total. The van der Waals surface area contributed by atoms with Crippen molar-refractivity contribution in [2.24, 2.45) is 0 Å². The predicted octanol–water partition coefficient (Wildman–Crippen LogP) is 2.89. The van der Waals surface area contributed by atoms with Gasteiger partial charge in [-0.1, -0.05) is 0 Å². The number of hydrogen-bond acceptors (Lipinski definition) is 1. The molecule has 0 N–H and O–H groups in total. The van der Waals surface area contributed by atoms with Crippen LogP contribution in [0, 0.1) is 6.92 Å². The van der Waals surface area contributed by atoms with Crippen molar-refractivity contribution in [3.05, 3.63) is 33.7 Å². The molecule has 1 aliphatic carbocycles. The van der Waals surface area contributed by atoms with Gasteiger partial charge in [0.05, 0.1) is 5.69 Å². The molecule has 72 valence electrons. The van der Waals surface area contributed by atoms with Crippen LogP contribution in [0.25, 0.3) is 5.65 Å². The molecule has 14 heavy (non-hydrogen) atoms. The summed E-state index contributed by atoms with van der Waals surface area (Å²) >= 11 is 3.56. The number of nitrogens with zero attached hydrogens (tertiary/aromatic N) is 2. The molecular weight excluding hydrogens is 240 g/mol. The molecule has 0 spiro atoms. The zero-order valence-electron chi connectivity index (χ0n) is 8.05. The van der Waals surface area contributed by atoms with Gasteiger partial charge in [0.1, 0.15) is 5.65 Å². The molecule has 1 aliphatic rings. The molecule has 0 unspecified atom stereocenters. The van der Waals surface area contributed by atoms with Crippen molar-refractivity contribution in [1.82, 2.24) is 9.38 Å². The second-order valence-corrected chi connectivity index (χ2v) is 4.67. The molecule has 3 rings (SSSR count). The predicted molar refractivity (Wildman–Crippen MR) is 59.7 cm³/mol. The number of imidazole rings is 1. The molecule has 0 aromatic carbocycles. The van der Waals surface area contributed by atoms with Crippen molar-refractivity contribution in [3.63, 3.8) is 0 Å². The lowest BCUT2D eigenvalue weighted by molar-refractivity contribution is 0.860. The van der Waals surface area contributed by atoms with Crippen molar-refractivity contribution in [1.29, 1.82) is 0 Å². The van der Waals surface area contributed by atoms with Crippen molar-refractivity contribution in [2.75, 3.05) is 0 Å². The van der Waals surface area contributed by atoms with Crippen LogP contribution in [0.15, 0.2) is 16.6 Å². The normalized spacial score (nSPS) is 15.0. The van der Waals surface area contributed by atoms with Gasteiger partial charge < -0.3 is 0 Å². The first-order chi connectivity index (χ1) is 6.77. The highest BCUT2D eigenvalue weighted by atomic mass is 79.9. The summed E-state index contributed by atoms with van der Waals surface area (Å²) < 4.78 is 3.45. The maximum absolute atomic E-state index is 4.64. The fourth-order valence-corrected chi connectivity index (χ4v) is 2.57. The van der Waals surface area contributed by atoms with Gasteiger partial charge in [0, 0.05) is 15.9 Å². The lowest BCUT2D eigenvalue weighted by Crippen LogP contribution is -1.96. The number of pyridine rings is 1. The Balaban J connectivity index is 2.46. The van der Waals surface area contributed by atoms with Gasteiger partial charge in [0.15, 0.2) is 0 Å². The van der Waals surface area contributed by atoms with Gasteiger partial charge in [0.2, 0.25) is 0 Å². The van der Waals surface area contributed by atoms with Crippen LogP contribution in [0.4, 0.5) is 0 Å². The third-order valence-electron chi connectivity index (χ3n) is 2.97. The van der Waals surface area contributed by atoms with E-state index in [1.165, 1.54) is 29.9 Å². The van der Waals surface area contributed by atoms with Gasteiger partial charge in [-0.3, -0.25) is 4.40 Å². The van der Waals surface area contributed by atoms with Crippen molar-refractivity contribution < 1.29 is 0 Å². The Labute approximate surface area is 91.1 Å². The van der Waals surface area contributed by atoms with Crippen LogP contribution in [-0.2, 0) is 12.8 Å². The van der Waals surface area contributed by atoms with Crippen LogP contribution >= 0.6 is 15.9 Å². The van der Waals surface area contributed by atoms with E-state index >= 15 is 0 Å². The maximum Gasteiger partial charge on any atom is 0.137 e. The molecule has 0 saturated carbocycles. The minimum Gasteiger partial charge on any atom is -0.300 e. The third-order valence-corrected chi connectivity index (χ3v) is 3.81. The summed E-state index contributed by atoms with van der Waals surface area (Å²) in [6.45, 7) is 2.14. The average Bonchev–Trinajstić information content (AvgIpc) is 2.70. The monoisotopic (exact) mass is 250 g/mol. The van der Waals surface area contributed by atoms with Crippen LogP contribution < -0.4 is 0 Å². The van der Waals surface area contributed by atoms with E-state index in [9.17, 15) is 0 Å². The van der Waals surface area contributed by atoms with Gasteiger partial charge in [-0.15, -0.1) is 0 Å². The van der Waals surface area contributed by atoms with E-state index in [2.05, 4.69) is 44.4 Å². The summed E-state index contributed by atoms with van der Waals surface area (Å²) in [5.74, 6) is 0. The standard InChI is InChI=1S/C11H11BrN2/c1-7-8(12)5-6-11-13-9-3-2-4-10(9)14(7)11/h5-6H,2-4H2,1H3. The van der Waals surface area contributed by atoms with E-state index in [4.69, 9.17) is 0 Å². The number of hydrogen-bond donors (Lipinski definition) is 0. The summed E-state index contributed by atoms with van der Waals surface area (Å²) in [5.41, 5.74) is 5.07.